The molecule has 1 saturated heterocycles. The molecule has 5 heteroatoms. The first-order chi connectivity index (χ1) is 8.25. The number of carbonyl (C=O) groups is 1. The van der Waals surface area contributed by atoms with Crippen molar-refractivity contribution in [2.24, 2.45) is 10.3 Å². The van der Waals surface area contributed by atoms with Gasteiger partial charge in [-0.05, 0) is 12.5 Å². The maximum atomic E-state index is 11.5. The summed E-state index contributed by atoms with van der Waals surface area (Å²) in [7, 11) is 0. The van der Waals surface area contributed by atoms with E-state index < -0.39 is 6.04 Å². The van der Waals surface area contributed by atoms with Gasteiger partial charge in [0.15, 0.2) is 6.04 Å². The third kappa shape index (κ3) is 1.67. The minimum Gasteiger partial charge on any atom is -0.459 e. The SMILES string of the molecule is C[C@@H]1OC(=O)[C@@H]2N=NN(Cc3ccccc3)[C@H]12. The number of ether oxygens (including phenoxy) is 1. The Morgan fingerprint density at radius 2 is 2.12 bits per heavy atom. The van der Waals surface area contributed by atoms with E-state index in [0.717, 1.165) is 5.56 Å². The Labute approximate surface area is 99.1 Å². The molecular weight excluding hydrogens is 218 g/mol. The monoisotopic (exact) mass is 231 g/mol. The van der Waals surface area contributed by atoms with Crippen LogP contribution in [0.1, 0.15) is 12.5 Å². The molecule has 0 spiro atoms. The van der Waals surface area contributed by atoms with Gasteiger partial charge in [-0.15, -0.1) is 0 Å². The minimum atomic E-state index is -0.436. The molecule has 0 aliphatic carbocycles. The molecule has 88 valence electrons. The highest BCUT2D eigenvalue weighted by atomic mass is 16.6. The second-order valence-electron chi connectivity index (χ2n) is 4.37. The number of esters is 1. The van der Waals surface area contributed by atoms with Crippen LogP contribution in [0.2, 0.25) is 0 Å². The second-order valence-corrected chi connectivity index (χ2v) is 4.37. The lowest BCUT2D eigenvalue weighted by Crippen LogP contribution is -2.38. The van der Waals surface area contributed by atoms with Gasteiger partial charge in [0, 0.05) is 0 Å². The van der Waals surface area contributed by atoms with Gasteiger partial charge in [-0.3, -0.25) is 5.01 Å². The summed E-state index contributed by atoms with van der Waals surface area (Å²) < 4.78 is 5.16. The number of fused-ring (bicyclic) bond motifs is 1. The van der Waals surface area contributed by atoms with Crippen molar-refractivity contribution in [3.05, 3.63) is 35.9 Å². The molecule has 2 aliphatic heterocycles. The smallest absolute Gasteiger partial charge is 0.335 e. The second kappa shape index (κ2) is 3.84. The number of cyclic esters (lactones) is 1. The van der Waals surface area contributed by atoms with Crippen LogP contribution in [-0.2, 0) is 16.1 Å². The summed E-state index contributed by atoms with van der Waals surface area (Å²) in [5.41, 5.74) is 1.15. The van der Waals surface area contributed by atoms with Crippen LogP contribution in [0.5, 0.6) is 0 Å². The predicted molar refractivity (Wildman–Crippen MR) is 60.0 cm³/mol. The van der Waals surface area contributed by atoms with Crippen LogP contribution in [0.4, 0.5) is 0 Å². The minimum absolute atomic E-state index is 0.0530. The quantitative estimate of drug-likeness (QED) is 0.726. The third-order valence-electron chi connectivity index (χ3n) is 3.17. The predicted octanol–water partition coefficient (Wildman–Crippen LogP) is 1.55. The van der Waals surface area contributed by atoms with Crippen LogP contribution >= 0.6 is 0 Å². The molecule has 0 radical (unpaired) electrons. The van der Waals surface area contributed by atoms with E-state index in [1.54, 1.807) is 0 Å². The molecule has 0 amide bonds. The molecule has 0 bridgehead atoms. The number of nitrogens with zero attached hydrogens (tertiary/aromatic N) is 3. The lowest BCUT2D eigenvalue weighted by Gasteiger charge is -2.22. The van der Waals surface area contributed by atoms with Gasteiger partial charge in [-0.1, -0.05) is 35.6 Å². The molecule has 1 fully saturated rings. The summed E-state index contributed by atoms with van der Waals surface area (Å²) in [6, 6.07) is 9.52. The maximum Gasteiger partial charge on any atom is 0.335 e. The van der Waals surface area contributed by atoms with E-state index in [0.29, 0.717) is 6.54 Å². The standard InChI is InChI=1S/C12H13N3O2/c1-8-11-10(12(16)17-8)13-14-15(11)7-9-5-3-2-4-6-9/h2-6,8,10-11H,7H2,1H3/t8-,10+,11+/m0/s1. The molecule has 0 N–H and O–H groups in total. The average molecular weight is 231 g/mol. The van der Waals surface area contributed by atoms with Crippen molar-refractivity contribution < 1.29 is 9.53 Å². The van der Waals surface area contributed by atoms with Gasteiger partial charge in [-0.25, -0.2) is 4.79 Å². The molecule has 5 nitrogen and oxygen atoms in total. The first kappa shape index (κ1) is 10.3. The summed E-state index contributed by atoms with van der Waals surface area (Å²) >= 11 is 0. The van der Waals surface area contributed by atoms with Crippen molar-refractivity contribution >= 4 is 5.97 Å². The maximum absolute atomic E-state index is 11.5. The lowest BCUT2D eigenvalue weighted by atomic mass is 10.1. The molecule has 1 aromatic carbocycles. The number of rotatable bonds is 2. The first-order valence-corrected chi connectivity index (χ1v) is 5.67. The Morgan fingerprint density at radius 1 is 1.35 bits per heavy atom. The van der Waals surface area contributed by atoms with Crippen molar-refractivity contribution in [1.29, 1.82) is 0 Å². The van der Waals surface area contributed by atoms with Crippen molar-refractivity contribution in [3.63, 3.8) is 0 Å². The topological polar surface area (TPSA) is 54.3 Å². The van der Waals surface area contributed by atoms with Crippen LogP contribution in [-0.4, -0.2) is 29.2 Å². The zero-order chi connectivity index (χ0) is 11.8. The Kier molecular flexibility index (Phi) is 2.31. The molecular formula is C12H13N3O2. The van der Waals surface area contributed by atoms with Gasteiger partial charge < -0.3 is 4.74 Å². The summed E-state index contributed by atoms with van der Waals surface area (Å²) in [6.07, 6.45) is -0.147. The Hall–Kier alpha value is -1.91. The fourth-order valence-corrected chi connectivity index (χ4v) is 2.33. The number of hydrogen-bond donors (Lipinski definition) is 0. The summed E-state index contributed by atoms with van der Waals surface area (Å²) in [5, 5.41) is 9.90. The molecule has 2 aliphatic rings. The van der Waals surface area contributed by atoms with E-state index in [1.807, 2.05) is 42.3 Å². The molecule has 0 unspecified atom stereocenters. The molecule has 0 saturated carbocycles. The van der Waals surface area contributed by atoms with E-state index in [9.17, 15) is 4.79 Å². The van der Waals surface area contributed by atoms with Gasteiger partial charge in [0.05, 0.1) is 6.54 Å². The fourth-order valence-electron chi connectivity index (χ4n) is 2.33. The fraction of sp³-hybridized carbons (Fsp3) is 0.417. The summed E-state index contributed by atoms with van der Waals surface area (Å²) in [6.45, 7) is 2.55. The Morgan fingerprint density at radius 3 is 2.88 bits per heavy atom. The van der Waals surface area contributed by atoms with Crippen LogP contribution < -0.4 is 0 Å². The van der Waals surface area contributed by atoms with E-state index in [4.69, 9.17) is 4.74 Å². The van der Waals surface area contributed by atoms with Crippen molar-refractivity contribution in [2.75, 3.05) is 0 Å². The molecule has 3 atom stereocenters. The molecule has 1 aromatic rings. The Balaban J connectivity index is 1.78. The molecule has 3 rings (SSSR count). The average Bonchev–Trinajstić information content (AvgIpc) is 2.85. The van der Waals surface area contributed by atoms with Crippen LogP contribution in [0, 0.1) is 0 Å². The highest BCUT2D eigenvalue weighted by Crippen LogP contribution is 2.30. The van der Waals surface area contributed by atoms with E-state index in [-0.39, 0.29) is 18.1 Å². The highest BCUT2D eigenvalue weighted by molar-refractivity contribution is 5.79. The van der Waals surface area contributed by atoms with Crippen LogP contribution in [0.25, 0.3) is 0 Å². The number of benzene rings is 1. The zero-order valence-electron chi connectivity index (χ0n) is 9.48. The van der Waals surface area contributed by atoms with E-state index >= 15 is 0 Å². The van der Waals surface area contributed by atoms with Crippen molar-refractivity contribution in [2.45, 2.75) is 31.7 Å². The van der Waals surface area contributed by atoms with Crippen molar-refractivity contribution in [1.82, 2.24) is 5.01 Å². The van der Waals surface area contributed by atoms with Gasteiger partial charge in [0.1, 0.15) is 12.1 Å². The van der Waals surface area contributed by atoms with Crippen LogP contribution in [0.15, 0.2) is 40.7 Å². The van der Waals surface area contributed by atoms with Gasteiger partial charge >= 0.3 is 5.97 Å². The Bertz CT molecular complexity index is 460. The van der Waals surface area contributed by atoms with E-state index in [1.165, 1.54) is 0 Å². The van der Waals surface area contributed by atoms with Gasteiger partial charge in [0.25, 0.3) is 0 Å². The normalized spacial score (nSPS) is 30.5. The lowest BCUT2D eigenvalue weighted by molar-refractivity contribution is -0.142. The van der Waals surface area contributed by atoms with Gasteiger partial charge in [0.2, 0.25) is 0 Å². The van der Waals surface area contributed by atoms with Crippen LogP contribution in [0.3, 0.4) is 0 Å². The van der Waals surface area contributed by atoms with E-state index in [2.05, 4.69) is 10.3 Å². The zero-order valence-corrected chi connectivity index (χ0v) is 9.48. The highest BCUT2D eigenvalue weighted by Gasteiger charge is 2.49. The number of hydrogen-bond acceptors (Lipinski definition) is 5. The largest absolute Gasteiger partial charge is 0.459 e. The first-order valence-electron chi connectivity index (χ1n) is 5.67. The molecule has 0 aromatic heterocycles. The molecule has 17 heavy (non-hydrogen) atoms. The van der Waals surface area contributed by atoms with Gasteiger partial charge in [-0.2, -0.15) is 5.11 Å². The summed E-state index contributed by atoms with van der Waals surface area (Å²) in [5.74, 6) is -0.262. The third-order valence-corrected chi connectivity index (χ3v) is 3.17. The summed E-state index contributed by atoms with van der Waals surface area (Å²) in [4.78, 5) is 11.5. The molecule has 2 heterocycles. The van der Waals surface area contributed by atoms with Crippen molar-refractivity contribution in [3.8, 4) is 0 Å². The number of carbonyl (C=O) groups excluding carboxylic acids is 1.